The number of benzene rings is 1. The van der Waals surface area contributed by atoms with E-state index in [9.17, 15) is 4.79 Å². The molecule has 0 aliphatic carbocycles. The van der Waals surface area contributed by atoms with Crippen molar-refractivity contribution < 1.29 is 9.90 Å². The molecular formula is C16H21N3O2. The first-order chi connectivity index (χ1) is 10.2. The highest BCUT2D eigenvalue weighted by molar-refractivity contribution is 5.93. The van der Waals surface area contributed by atoms with Gasteiger partial charge in [-0.25, -0.2) is 0 Å². The van der Waals surface area contributed by atoms with Crippen molar-refractivity contribution in [3.05, 3.63) is 53.9 Å². The van der Waals surface area contributed by atoms with E-state index in [2.05, 4.69) is 10.4 Å². The zero-order valence-corrected chi connectivity index (χ0v) is 12.2. The average Bonchev–Trinajstić information content (AvgIpc) is 3.01. The fraction of sp³-hybridized carbons (Fsp3) is 0.375. The Morgan fingerprint density at radius 3 is 2.76 bits per heavy atom. The van der Waals surface area contributed by atoms with Crippen LogP contribution in [0.1, 0.15) is 41.7 Å². The van der Waals surface area contributed by atoms with Crippen LogP contribution in [0.2, 0.25) is 0 Å². The molecule has 1 aromatic carbocycles. The van der Waals surface area contributed by atoms with E-state index in [-0.39, 0.29) is 18.6 Å². The van der Waals surface area contributed by atoms with Crippen molar-refractivity contribution in [2.45, 2.75) is 32.4 Å². The van der Waals surface area contributed by atoms with Gasteiger partial charge in [-0.1, -0.05) is 30.3 Å². The summed E-state index contributed by atoms with van der Waals surface area (Å²) in [6, 6.07) is 9.70. The summed E-state index contributed by atoms with van der Waals surface area (Å²) in [7, 11) is 0. The second-order valence-corrected chi connectivity index (χ2v) is 4.89. The Hall–Kier alpha value is -2.14. The summed E-state index contributed by atoms with van der Waals surface area (Å²) in [6.07, 6.45) is 4.67. The monoisotopic (exact) mass is 287 g/mol. The zero-order chi connectivity index (χ0) is 15.1. The normalized spacial score (nSPS) is 12.1. The van der Waals surface area contributed by atoms with Crippen molar-refractivity contribution in [1.29, 1.82) is 0 Å². The number of nitrogens with zero attached hydrogens (tertiary/aromatic N) is 2. The van der Waals surface area contributed by atoms with Crippen LogP contribution in [0.3, 0.4) is 0 Å². The summed E-state index contributed by atoms with van der Waals surface area (Å²) >= 11 is 0. The lowest BCUT2D eigenvalue weighted by molar-refractivity contribution is 0.0932. The molecule has 0 saturated carbocycles. The summed E-state index contributed by atoms with van der Waals surface area (Å²) in [6.45, 7) is 2.83. The lowest BCUT2D eigenvalue weighted by Crippen LogP contribution is -2.28. The molecule has 2 N–H and O–H groups in total. The molecule has 2 aromatic rings. The van der Waals surface area contributed by atoms with E-state index in [1.165, 1.54) is 0 Å². The van der Waals surface area contributed by atoms with Crippen LogP contribution in [0.15, 0.2) is 42.7 Å². The number of aryl methyl sites for hydroxylation is 1. The number of hydrogen-bond donors (Lipinski definition) is 2. The third-order valence-corrected chi connectivity index (χ3v) is 3.38. The summed E-state index contributed by atoms with van der Waals surface area (Å²) in [4.78, 5) is 12.3. The number of rotatable bonds is 7. The van der Waals surface area contributed by atoms with Gasteiger partial charge in [0.2, 0.25) is 0 Å². The number of aliphatic hydroxyl groups is 1. The van der Waals surface area contributed by atoms with Gasteiger partial charge in [-0.15, -0.1) is 0 Å². The molecule has 0 saturated heterocycles. The molecule has 1 heterocycles. The summed E-state index contributed by atoms with van der Waals surface area (Å²) in [5, 5.41) is 16.2. The van der Waals surface area contributed by atoms with Crippen molar-refractivity contribution in [3.8, 4) is 0 Å². The van der Waals surface area contributed by atoms with E-state index in [0.29, 0.717) is 18.4 Å². The first-order valence-corrected chi connectivity index (χ1v) is 7.23. The van der Waals surface area contributed by atoms with Crippen molar-refractivity contribution in [1.82, 2.24) is 15.1 Å². The highest BCUT2D eigenvalue weighted by atomic mass is 16.3. The largest absolute Gasteiger partial charge is 0.396 e. The van der Waals surface area contributed by atoms with Gasteiger partial charge in [0.1, 0.15) is 0 Å². The molecule has 21 heavy (non-hydrogen) atoms. The van der Waals surface area contributed by atoms with Crippen molar-refractivity contribution in [2.75, 3.05) is 6.61 Å². The van der Waals surface area contributed by atoms with Crippen molar-refractivity contribution in [2.24, 2.45) is 0 Å². The van der Waals surface area contributed by atoms with Crippen molar-refractivity contribution >= 4 is 5.91 Å². The van der Waals surface area contributed by atoms with Crippen LogP contribution in [-0.2, 0) is 6.54 Å². The number of hydrogen-bond acceptors (Lipinski definition) is 3. The molecule has 0 fully saturated rings. The Morgan fingerprint density at radius 2 is 2.14 bits per heavy atom. The highest BCUT2D eigenvalue weighted by Gasteiger charge is 2.16. The molecule has 0 spiro atoms. The number of carbonyl (C=O) groups excluding carboxylic acids is 1. The minimum absolute atomic E-state index is 0.101. The van der Waals surface area contributed by atoms with Gasteiger partial charge in [-0.3, -0.25) is 9.48 Å². The lowest BCUT2D eigenvalue weighted by atomic mass is 10.0. The molecule has 0 bridgehead atoms. The minimum atomic E-state index is -0.138. The third kappa shape index (κ3) is 4.16. The van der Waals surface area contributed by atoms with Crippen molar-refractivity contribution in [3.63, 3.8) is 0 Å². The van der Waals surface area contributed by atoms with E-state index >= 15 is 0 Å². The molecule has 1 unspecified atom stereocenters. The highest BCUT2D eigenvalue weighted by Crippen LogP contribution is 2.18. The van der Waals surface area contributed by atoms with Gasteiger partial charge in [0, 0.05) is 19.3 Å². The molecule has 1 aromatic heterocycles. The SMILES string of the molecule is CCn1cc(C(=O)NC(CCCO)c2ccccc2)cn1. The smallest absolute Gasteiger partial charge is 0.254 e. The van der Waals surface area contributed by atoms with Crippen LogP contribution in [0.25, 0.3) is 0 Å². The van der Waals surface area contributed by atoms with Crippen LogP contribution in [0.5, 0.6) is 0 Å². The van der Waals surface area contributed by atoms with Crippen LogP contribution in [0.4, 0.5) is 0 Å². The first kappa shape index (κ1) is 15.3. The van der Waals surface area contributed by atoms with E-state index in [1.807, 2.05) is 37.3 Å². The average molecular weight is 287 g/mol. The Bertz CT molecular complexity index is 566. The number of carbonyl (C=O) groups is 1. The number of aromatic nitrogens is 2. The fourth-order valence-electron chi connectivity index (χ4n) is 2.20. The van der Waals surface area contributed by atoms with Gasteiger partial charge in [0.25, 0.3) is 5.91 Å². The van der Waals surface area contributed by atoms with E-state index in [4.69, 9.17) is 5.11 Å². The predicted octanol–water partition coefficient (Wildman–Crippen LogP) is 2.15. The standard InChI is InChI=1S/C16H21N3O2/c1-2-19-12-14(11-17-19)16(21)18-15(9-6-10-20)13-7-4-3-5-8-13/h3-5,7-8,11-12,15,20H,2,6,9-10H2,1H3,(H,18,21). The molecule has 0 aliphatic heterocycles. The zero-order valence-electron chi connectivity index (χ0n) is 12.2. The second-order valence-electron chi connectivity index (χ2n) is 4.89. The lowest BCUT2D eigenvalue weighted by Gasteiger charge is -2.18. The quantitative estimate of drug-likeness (QED) is 0.820. The molecule has 5 heteroatoms. The molecule has 2 rings (SSSR count). The van der Waals surface area contributed by atoms with Gasteiger partial charge in [-0.2, -0.15) is 5.10 Å². The molecule has 0 aliphatic rings. The van der Waals surface area contributed by atoms with Crippen LogP contribution in [0, 0.1) is 0 Å². The molecule has 5 nitrogen and oxygen atoms in total. The van der Waals surface area contributed by atoms with Gasteiger partial charge in [0.05, 0.1) is 17.8 Å². The summed E-state index contributed by atoms with van der Waals surface area (Å²) in [5.41, 5.74) is 1.60. The number of aliphatic hydroxyl groups excluding tert-OH is 1. The van der Waals surface area contributed by atoms with Crippen LogP contribution < -0.4 is 5.32 Å². The first-order valence-electron chi connectivity index (χ1n) is 7.23. The Labute approximate surface area is 124 Å². The maximum atomic E-state index is 12.3. The Kier molecular flexibility index (Phi) is 5.51. The Balaban J connectivity index is 2.09. The minimum Gasteiger partial charge on any atom is -0.396 e. The maximum absolute atomic E-state index is 12.3. The van der Waals surface area contributed by atoms with Crippen LogP contribution >= 0.6 is 0 Å². The third-order valence-electron chi connectivity index (χ3n) is 3.38. The molecule has 0 radical (unpaired) electrons. The van der Waals surface area contributed by atoms with Gasteiger partial charge in [-0.05, 0) is 25.3 Å². The number of nitrogens with one attached hydrogen (secondary N) is 1. The van der Waals surface area contributed by atoms with Gasteiger partial charge in [0.15, 0.2) is 0 Å². The second kappa shape index (κ2) is 7.59. The Morgan fingerprint density at radius 1 is 1.38 bits per heavy atom. The van der Waals surface area contributed by atoms with Gasteiger partial charge >= 0.3 is 0 Å². The maximum Gasteiger partial charge on any atom is 0.254 e. The summed E-state index contributed by atoms with van der Waals surface area (Å²) in [5.74, 6) is -0.138. The van der Waals surface area contributed by atoms with Crippen LogP contribution in [-0.4, -0.2) is 27.4 Å². The van der Waals surface area contributed by atoms with E-state index in [1.54, 1.807) is 17.1 Å². The molecule has 112 valence electrons. The predicted molar refractivity (Wildman–Crippen MR) is 80.9 cm³/mol. The van der Waals surface area contributed by atoms with E-state index < -0.39 is 0 Å². The fourth-order valence-corrected chi connectivity index (χ4v) is 2.20. The summed E-state index contributed by atoms with van der Waals surface area (Å²) < 4.78 is 1.72. The van der Waals surface area contributed by atoms with Gasteiger partial charge < -0.3 is 10.4 Å². The molecule has 1 amide bonds. The van der Waals surface area contributed by atoms with E-state index in [0.717, 1.165) is 12.1 Å². The molecule has 1 atom stereocenters. The topological polar surface area (TPSA) is 67.2 Å². The molecular weight excluding hydrogens is 266 g/mol. The number of amides is 1.